The van der Waals surface area contributed by atoms with E-state index in [0.717, 1.165) is 31.6 Å². The van der Waals surface area contributed by atoms with Crippen molar-refractivity contribution in [3.8, 4) is 0 Å². The summed E-state index contributed by atoms with van der Waals surface area (Å²) in [5, 5.41) is 13.7. The first-order valence-electron chi connectivity index (χ1n) is 15.2. The maximum absolute atomic E-state index is 14.1. The maximum Gasteiger partial charge on any atom is 0.360 e. The largest absolute Gasteiger partial charge is 0.476 e. The fraction of sp³-hybridized carbons (Fsp3) is 0.645. The standard InChI is InChI=1S/C31H43N5O5/c1-4-9-19-10-7-11-20(16-19)35-21-12-8-13-22(35)18-23(17-21)36-25-15-6-5-14-24(25)33-26(28(36)37)27(29(38)39)34-41-31(2,3)30(32)40/h5-6,14-15,19-23H,4,7-13,16-18H2,1-3H3,(H2,32,40)(H,38,39)/b34-27-/t19-,20-,21+,22?,23-/m0/s1. The Bertz CT molecular complexity index is 1370. The Labute approximate surface area is 240 Å². The number of para-hydroxylation sites is 2. The molecule has 2 aromatic rings. The number of hydrogen-bond donors (Lipinski definition) is 2. The van der Waals surface area contributed by atoms with Crippen molar-refractivity contribution < 1.29 is 19.5 Å². The number of carbonyl (C=O) groups excluding carboxylic acids is 1. The molecule has 2 saturated heterocycles. The summed E-state index contributed by atoms with van der Waals surface area (Å²) in [4.78, 5) is 50.6. The third kappa shape index (κ3) is 5.89. The number of carbonyl (C=O) groups is 2. The van der Waals surface area contributed by atoms with Crippen molar-refractivity contribution in [3.05, 3.63) is 40.3 Å². The van der Waals surface area contributed by atoms with Crippen LogP contribution in [0.1, 0.15) is 103 Å². The fourth-order valence-electron chi connectivity index (χ4n) is 7.46. The number of carboxylic acid groups (broad SMARTS) is 1. The van der Waals surface area contributed by atoms with Gasteiger partial charge in [-0.1, -0.05) is 56.3 Å². The van der Waals surface area contributed by atoms with Crippen molar-refractivity contribution in [3.63, 3.8) is 0 Å². The molecular weight excluding hydrogens is 522 g/mol. The first-order chi connectivity index (χ1) is 19.6. The van der Waals surface area contributed by atoms with Gasteiger partial charge in [-0.2, -0.15) is 0 Å². The second-order valence-corrected chi connectivity index (χ2v) is 12.6. The van der Waals surface area contributed by atoms with Gasteiger partial charge in [0.05, 0.1) is 11.0 Å². The molecule has 3 aliphatic rings. The Kier molecular flexibility index (Phi) is 8.50. The number of carboxylic acids is 1. The Morgan fingerprint density at radius 1 is 1.05 bits per heavy atom. The van der Waals surface area contributed by atoms with Gasteiger partial charge in [0.15, 0.2) is 5.69 Å². The molecule has 1 aromatic heterocycles. The Morgan fingerprint density at radius 2 is 1.68 bits per heavy atom. The van der Waals surface area contributed by atoms with Gasteiger partial charge >= 0.3 is 5.97 Å². The van der Waals surface area contributed by atoms with E-state index in [1.165, 1.54) is 58.8 Å². The third-order valence-corrected chi connectivity index (χ3v) is 9.43. The summed E-state index contributed by atoms with van der Waals surface area (Å²) in [5.74, 6) is -1.48. The monoisotopic (exact) mass is 565 g/mol. The minimum atomic E-state index is -1.56. The quantitative estimate of drug-likeness (QED) is 0.340. The molecule has 2 aliphatic heterocycles. The van der Waals surface area contributed by atoms with Crippen LogP contribution in [0.5, 0.6) is 0 Å². The van der Waals surface area contributed by atoms with Crippen LogP contribution in [0.3, 0.4) is 0 Å². The van der Waals surface area contributed by atoms with Crippen LogP contribution in [0.2, 0.25) is 0 Å². The van der Waals surface area contributed by atoms with E-state index in [9.17, 15) is 19.5 Å². The van der Waals surface area contributed by atoms with Crippen molar-refractivity contribution in [2.75, 3.05) is 0 Å². The van der Waals surface area contributed by atoms with Gasteiger partial charge in [0.2, 0.25) is 11.3 Å². The molecule has 41 heavy (non-hydrogen) atoms. The molecule has 3 N–H and O–H groups in total. The average Bonchev–Trinajstić information content (AvgIpc) is 2.93. The van der Waals surface area contributed by atoms with Crippen molar-refractivity contribution in [2.24, 2.45) is 16.8 Å². The molecular formula is C31H43N5O5. The van der Waals surface area contributed by atoms with E-state index in [1.807, 2.05) is 18.2 Å². The van der Waals surface area contributed by atoms with E-state index in [4.69, 9.17) is 10.6 Å². The summed E-state index contributed by atoms with van der Waals surface area (Å²) in [6.45, 7) is 5.04. The number of primary amides is 1. The van der Waals surface area contributed by atoms with Crippen molar-refractivity contribution in [1.82, 2.24) is 14.5 Å². The number of aliphatic carboxylic acids is 1. The van der Waals surface area contributed by atoms with E-state index in [2.05, 4.69) is 22.0 Å². The number of fused-ring (bicyclic) bond motifs is 3. The fourth-order valence-corrected chi connectivity index (χ4v) is 7.46. The Balaban J connectivity index is 1.52. The van der Waals surface area contributed by atoms with Gasteiger partial charge in [-0.25, -0.2) is 9.78 Å². The second-order valence-electron chi connectivity index (χ2n) is 12.6. The normalized spacial score (nSPS) is 27.5. The smallest absolute Gasteiger partial charge is 0.360 e. The number of hydrogen-bond acceptors (Lipinski definition) is 7. The number of benzene rings is 1. The van der Waals surface area contributed by atoms with Crippen LogP contribution >= 0.6 is 0 Å². The molecule has 1 aromatic carbocycles. The molecule has 1 unspecified atom stereocenters. The van der Waals surface area contributed by atoms with E-state index in [1.54, 1.807) is 10.6 Å². The molecule has 10 nitrogen and oxygen atoms in total. The number of piperidine rings is 2. The van der Waals surface area contributed by atoms with Gasteiger partial charge in [-0.15, -0.1) is 0 Å². The third-order valence-electron chi connectivity index (χ3n) is 9.43. The van der Waals surface area contributed by atoms with Gasteiger partial charge in [-0.05, 0) is 70.4 Å². The number of aromatic nitrogens is 2. The van der Waals surface area contributed by atoms with Crippen molar-refractivity contribution in [1.29, 1.82) is 0 Å². The summed E-state index contributed by atoms with van der Waals surface area (Å²) < 4.78 is 1.75. The lowest BCUT2D eigenvalue weighted by Crippen LogP contribution is -2.58. The van der Waals surface area contributed by atoms with Crippen LogP contribution in [-0.2, 0) is 14.4 Å². The average molecular weight is 566 g/mol. The molecule has 5 rings (SSSR count). The van der Waals surface area contributed by atoms with Crippen LogP contribution in [-0.4, -0.2) is 60.9 Å². The van der Waals surface area contributed by atoms with E-state index >= 15 is 0 Å². The van der Waals surface area contributed by atoms with Crippen LogP contribution < -0.4 is 11.3 Å². The van der Waals surface area contributed by atoms with E-state index in [-0.39, 0.29) is 11.7 Å². The predicted octanol–water partition coefficient (Wildman–Crippen LogP) is 4.38. The molecule has 3 heterocycles. The van der Waals surface area contributed by atoms with Gasteiger partial charge in [0.25, 0.3) is 11.5 Å². The van der Waals surface area contributed by atoms with Crippen LogP contribution in [0, 0.1) is 5.92 Å². The summed E-state index contributed by atoms with van der Waals surface area (Å²) >= 11 is 0. The number of rotatable bonds is 9. The van der Waals surface area contributed by atoms with Crippen molar-refractivity contribution in [2.45, 2.75) is 121 Å². The highest BCUT2D eigenvalue weighted by atomic mass is 16.7. The molecule has 0 spiro atoms. The number of amides is 1. The van der Waals surface area contributed by atoms with Gasteiger partial charge in [0.1, 0.15) is 0 Å². The first kappa shape index (κ1) is 29.2. The molecule has 5 atom stereocenters. The second kappa shape index (κ2) is 11.9. The summed E-state index contributed by atoms with van der Waals surface area (Å²) in [7, 11) is 0. The molecule has 222 valence electrons. The van der Waals surface area contributed by atoms with E-state index in [0.29, 0.717) is 29.2 Å². The minimum absolute atomic E-state index is 0.0891. The Hall–Kier alpha value is -3.27. The first-order valence-corrected chi connectivity index (χ1v) is 15.2. The number of oxime groups is 1. The lowest BCUT2D eigenvalue weighted by Gasteiger charge is -2.54. The van der Waals surface area contributed by atoms with Gasteiger partial charge in [-0.3, -0.25) is 14.5 Å². The molecule has 10 heteroatoms. The molecule has 1 saturated carbocycles. The molecule has 2 bridgehead atoms. The van der Waals surface area contributed by atoms with Crippen molar-refractivity contribution >= 4 is 28.6 Å². The van der Waals surface area contributed by atoms with Crippen LogP contribution in [0.4, 0.5) is 0 Å². The van der Waals surface area contributed by atoms with Crippen LogP contribution in [0.25, 0.3) is 11.0 Å². The molecule has 3 fully saturated rings. The molecule has 1 aliphatic carbocycles. The maximum atomic E-state index is 14.1. The highest BCUT2D eigenvalue weighted by molar-refractivity contribution is 6.41. The van der Waals surface area contributed by atoms with E-state index < -0.39 is 28.7 Å². The lowest BCUT2D eigenvalue weighted by molar-refractivity contribution is -0.140. The minimum Gasteiger partial charge on any atom is -0.476 e. The topological polar surface area (TPSA) is 140 Å². The molecule has 1 amide bonds. The zero-order chi connectivity index (χ0) is 29.3. The SMILES string of the molecule is CCC[C@H]1CCC[C@H](N2C3CCC[C@@H]2C[C@H](n2c(=O)c(/C(=N/OC(C)(C)C(N)=O)C(=O)O)nc4ccccc42)C3)C1. The number of nitrogens with two attached hydrogens (primary N) is 1. The van der Waals surface area contributed by atoms with Gasteiger partial charge < -0.3 is 20.2 Å². The zero-order valence-electron chi connectivity index (χ0n) is 24.4. The number of nitrogens with zero attached hydrogens (tertiary/aromatic N) is 4. The Morgan fingerprint density at radius 3 is 2.32 bits per heavy atom. The molecule has 0 radical (unpaired) electrons. The summed E-state index contributed by atoms with van der Waals surface area (Å²) in [6, 6.07) is 8.63. The summed E-state index contributed by atoms with van der Waals surface area (Å²) in [6.07, 6.45) is 12.8. The highest BCUT2D eigenvalue weighted by Gasteiger charge is 2.44. The highest BCUT2D eigenvalue weighted by Crippen LogP contribution is 2.44. The van der Waals surface area contributed by atoms with Gasteiger partial charge in [0, 0.05) is 24.2 Å². The predicted molar refractivity (Wildman–Crippen MR) is 157 cm³/mol. The van der Waals surface area contributed by atoms with Crippen LogP contribution in [0.15, 0.2) is 34.2 Å². The zero-order valence-corrected chi connectivity index (χ0v) is 24.4. The summed E-state index contributed by atoms with van der Waals surface area (Å²) in [5.41, 5.74) is 3.53. The lowest BCUT2D eigenvalue weighted by atomic mass is 9.76.